The Morgan fingerprint density at radius 2 is 1.56 bits per heavy atom. The Morgan fingerprint density at radius 3 is 2.40 bits per heavy atom. The van der Waals surface area contributed by atoms with Crippen LogP contribution in [0, 0.1) is 0 Å². The molecule has 3 aromatic rings. The van der Waals surface area contributed by atoms with Crippen LogP contribution in [0.15, 0.2) is 65.0 Å². The molecule has 0 bridgehead atoms. The standard InChI is InChI=1S/C21H21N3S/c1-3-7-16(8-4-1)17-10-12-18(13-11-17)19-15-25-21(23-19)24-20-9-5-2-6-14-22-20/h1,3-4,7-8,10-13,15H,2,5-6,9,14H2,(H,22,23,24). The molecule has 0 unspecified atom stereocenters. The first-order valence-corrected chi connectivity index (χ1v) is 9.68. The van der Waals surface area contributed by atoms with E-state index in [4.69, 9.17) is 4.98 Å². The Labute approximate surface area is 152 Å². The van der Waals surface area contributed by atoms with Crippen molar-refractivity contribution in [3.63, 3.8) is 0 Å². The topological polar surface area (TPSA) is 37.3 Å². The summed E-state index contributed by atoms with van der Waals surface area (Å²) in [6.45, 7) is 0.932. The van der Waals surface area contributed by atoms with Gasteiger partial charge >= 0.3 is 0 Å². The van der Waals surface area contributed by atoms with E-state index >= 15 is 0 Å². The average Bonchev–Trinajstić information content (AvgIpc) is 2.98. The van der Waals surface area contributed by atoms with E-state index < -0.39 is 0 Å². The Morgan fingerprint density at radius 1 is 0.800 bits per heavy atom. The van der Waals surface area contributed by atoms with Crippen molar-refractivity contribution in [2.45, 2.75) is 25.7 Å². The fraction of sp³-hybridized carbons (Fsp3) is 0.238. The highest BCUT2D eigenvalue weighted by Gasteiger charge is 2.09. The second-order valence-electron chi connectivity index (χ2n) is 6.25. The molecule has 0 spiro atoms. The van der Waals surface area contributed by atoms with Crippen LogP contribution in [-0.2, 0) is 0 Å². The molecule has 4 heteroatoms. The average molecular weight is 347 g/mol. The highest BCUT2D eigenvalue weighted by molar-refractivity contribution is 7.14. The monoisotopic (exact) mass is 347 g/mol. The third-order valence-electron chi connectivity index (χ3n) is 4.42. The van der Waals surface area contributed by atoms with E-state index in [0.717, 1.165) is 35.2 Å². The van der Waals surface area contributed by atoms with Crippen molar-refractivity contribution in [2.24, 2.45) is 4.99 Å². The fourth-order valence-electron chi connectivity index (χ4n) is 3.03. The van der Waals surface area contributed by atoms with Crippen LogP contribution in [0.1, 0.15) is 25.7 Å². The van der Waals surface area contributed by atoms with Crippen molar-refractivity contribution < 1.29 is 0 Å². The first kappa shape index (κ1) is 16.0. The first-order chi connectivity index (χ1) is 12.4. The van der Waals surface area contributed by atoms with Gasteiger partial charge in [0.25, 0.3) is 0 Å². The lowest BCUT2D eigenvalue weighted by atomic mass is 10.0. The van der Waals surface area contributed by atoms with Crippen molar-refractivity contribution in [1.29, 1.82) is 0 Å². The minimum atomic E-state index is 0.932. The van der Waals surface area contributed by atoms with Crippen LogP contribution in [0.2, 0.25) is 0 Å². The zero-order valence-corrected chi connectivity index (χ0v) is 14.9. The quantitative estimate of drug-likeness (QED) is 0.644. The van der Waals surface area contributed by atoms with Gasteiger partial charge in [-0.25, -0.2) is 4.98 Å². The summed E-state index contributed by atoms with van der Waals surface area (Å²) in [5, 5.41) is 6.45. The Kier molecular flexibility index (Phi) is 4.89. The zero-order chi connectivity index (χ0) is 16.9. The summed E-state index contributed by atoms with van der Waals surface area (Å²) in [6, 6.07) is 19.0. The predicted octanol–water partition coefficient (Wildman–Crippen LogP) is 5.86. The summed E-state index contributed by atoms with van der Waals surface area (Å²) in [5.41, 5.74) is 4.62. The molecule has 1 aromatic heterocycles. The molecule has 1 N–H and O–H groups in total. The number of benzene rings is 2. The molecule has 0 aliphatic carbocycles. The van der Waals surface area contributed by atoms with Crippen LogP contribution in [-0.4, -0.2) is 17.4 Å². The third-order valence-corrected chi connectivity index (χ3v) is 5.18. The second kappa shape index (κ2) is 7.62. The zero-order valence-electron chi connectivity index (χ0n) is 14.1. The summed E-state index contributed by atoms with van der Waals surface area (Å²) in [4.78, 5) is 9.35. The van der Waals surface area contributed by atoms with E-state index in [-0.39, 0.29) is 0 Å². The van der Waals surface area contributed by atoms with Gasteiger partial charge in [-0.1, -0.05) is 61.0 Å². The third kappa shape index (κ3) is 3.97. The molecule has 25 heavy (non-hydrogen) atoms. The number of rotatable bonds is 3. The molecule has 4 rings (SSSR count). The molecule has 0 amide bonds. The summed E-state index contributed by atoms with van der Waals surface area (Å²) < 4.78 is 0. The van der Waals surface area contributed by atoms with E-state index in [1.807, 2.05) is 6.07 Å². The van der Waals surface area contributed by atoms with Crippen LogP contribution >= 0.6 is 11.3 Å². The minimum absolute atomic E-state index is 0.932. The molecule has 1 aliphatic rings. The largest absolute Gasteiger partial charge is 0.320 e. The number of nitrogens with zero attached hydrogens (tertiary/aromatic N) is 2. The van der Waals surface area contributed by atoms with Gasteiger partial charge in [0.2, 0.25) is 0 Å². The molecule has 2 aromatic carbocycles. The molecule has 3 nitrogen and oxygen atoms in total. The lowest BCUT2D eigenvalue weighted by Crippen LogP contribution is -2.11. The fourth-order valence-corrected chi connectivity index (χ4v) is 3.77. The van der Waals surface area contributed by atoms with Gasteiger partial charge in [-0.15, -0.1) is 11.3 Å². The summed E-state index contributed by atoms with van der Waals surface area (Å²) in [6.07, 6.45) is 4.71. The Hall–Kier alpha value is -2.46. The molecule has 0 saturated carbocycles. The predicted molar refractivity (Wildman–Crippen MR) is 107 cm³/mol. The number of hydrogen-bond donors (Lipinski definition) is 1. The molecule has 0 saturated heterocycles. The molecule has 1 aliphatic heterocycles. The molecular formula is C21H21N3S. The van der Waals surface area contributed by atoms with Crippen molar-refractivity contribution >= 4 is 22.3 Å². The summed E-state index contributed by atoms with van der Waals surface area (Å²) in [5.74, 6) is 1.08. The van der Waals surface area contributed by atoms with Crippen LogP contribution in [0.25, 0.3) is 22.4 Å². The molecule has 2 heterocycles. The molecule has 0 radical (unpaired) electrons. The maximum atomic E-state index is 4.73. The van der Waals surface area contributed by atoms with Crippen molar-refractivity contribution in [3.8, 4) is 22.4 Å². The normalized spacial score (nSPS) is 14.6. The van der Waals surface area contributed by atoms with Gasteiger partial charge in [-0.2, -0.15) is 0 Å². The molecular weight excluding hydrogens is 326 g/mol. The van der Waals surface area contributed by atoms with E-state index in [1.165, 1.54) is 30.4 Å². The van der Waals surface area contributed by atoms with Crippen LogP contribution in [0.5, 0.6) is 0 Å². The van der Waals surface area contributed by atoms with Gasteiger partial charge in [-0.3, -0.25) is 4.99 Å². The lowest BCUT2D eigenvalue weighted by molar-refractivity contribution is 0.731. The number of amidine groups is 1. The summed E-state index contributed by atoms with van der Waals surface area (Å²) in [7, 11) is 0. The number of thiazole rings is 1. The smallest absolute Gasteiger partial charge is 0.188 e. The van der Waals surface area contributed by atoms with Crippen LogP contribution in [0.3, 0.4) is 0 Å². The van der Waals surface area contributed by atoms with E-state index in [9.17, 15) is 0 Å². The molecule has 0 atom stereocenters. The molecule has 0 fully saturated rings. The van der Waals surface area contributed by atoms with Gasteiger partial charge in [0.1, 0.15) is 5.84 Å². The Bertz CT molecular complexity index is 850. The number of aliphatic imine (C=N–C) groups is 1. The minimum Gasteiger partial charge on any atom is -0.320 e. The van der Waals surface area contributed by atoms with Gasteiger partial charge in [0.15, 0.2) is 5.13 Å². The number of nitrogens with one attached hydrogen (secondary N) is 1. The lowest BCUT2D eigenvalue weighted by Gasteiger charge is -2.04. The van der Waals surface area contributed by atoms with Crippen LogP contribution < -0.4 is 5.32 Å². The van der Waals surface area contributed by atoms with Crippen LogP contribution in [0.4, 0.5) is 5.13 Å². The first-order valence-electron chi connectivity index (χ1n) is 8.80. The van der Waals surface area contributed by atoms with Gasteiger partial charge in [0, 0.05) is 23.9 Å². The van der Waals surface area contributed by atoms with E-state index in [2.05, 4.69) is 64.2 Å². The number of hydrogen-bond acceptors (Lipinski definition) is 4. The SMILES string of the molecule is c1ccc(-c2ccc(-c3csc(NC4=NCCCCC4)n3)cc2)cc1. The number of anilines is 1. The molecule has 126 valence electrons. The maximum absolute atomic E-state index is 4.73. The number of aromatic nitrogens is 1. The highest BCUT2D eigenvalue weighted by atomic mass is 32.1. The second-order valence-corrected chi connectivity index (χ2v) is 7.10. The maximum Gasteiger partial charge on any atom is 0.188 e. The van der Waals surface area contributed by atoms with Crippen molar-refractivity contribution in [1.82, 2.24) is 4.98 Å². The van der Waals surface area contributed by atoms with E-state index in [0.29, 0.717) is 0 Å². The van der Waals surface area contributed by atoms with Gasteiger partial charge in [0.05, 0.1) is 5.69 Å². The summed E-state index contributed by atoms with van der Waals surface area (Å²) >= 11 is 1.64. The van der Waals surface area contributed by atoms with Gasteiger partial charge in [-0.05, 0) is 24.0 Å². The van der Waals surface area contributed by atoms with Gasteiger partial charge < -0.3 is 5.32 Å². The van der Waals surface area contributed by atoms with Crippen molar-refractivity contribution in [2.75, 3.05) is 11.9 Å². The van der Waals surface area contributed by atoms with E-state index in [1.54, 1.807) is 11.3 Å². The Balaban J connectivity index is 1.49. The highest BCUT2D eigenvalue weighted by Crippen LogP contribution is 2.28. The van der Waals surface area contributed by atoms with Crippen molar-refractivity contribution in [3.05, 3.63) is 60.0 Å².